The maximum Gasteiger partial charge on any atom is 0.253 e. The molecule has 0 saturated carbocycles. The van der Waals surface area contributed by atoms with Crippen LogP contribution in [0.15, 0.2) is 21.7 Å². The Kier molecular flexibility index (Phi) is 3.52. The largest absolute Gasteiger partial charge is 0.373 e. The van der Waals surface area contributed by atoms with Crippen molar-refractivity contribution in [1.29, 1.82) is 0 Å². The average Bonchev–Trinajstić information content (AvgIpc) is 2.20. The molecule has 1 aromatic rings. The number of anilines is 2. The van der Waals surface area contributed by atoms with E-state index >= 15 is 0 Å². The predicted octanol–water partition coefficient (Wildman–Crippen LogP) is 0.751. The van der Waals surface area contributed by atoms with Crippen LogP contribution in [0.25, 0.3) is 0 Å². The third kappa shape index (κ3) is 2.15. The van der Waals surface area contributed by atoms with E-state index in [0.717, 1.165) is 12.0 Å². The molecule has 0 aromatic heterocycles. The van der Waals surface area contributed by atoms with Crippen LogP contribution in [0.5, 0.6) is 0 Å². The number of hydrogen-bond acceptors (Lipinski definition) is 4. The Morgan fingerprint density at radius 2 is 1.62 bits per heavy atom. The molecular weight excluding hydrogens is 204 g/mol. The lowest BCUT2D eigenvalue weighted by Crippen LogP contribution is -2.43. The Morgan fingerprint density at radius 1 is 1.12 bits per heavy atom. The van der Waals surface area contributed by atoms with Crippen molar-refractivity contribution in [3.63, 3.8) is 0 Å². The van der Waals surface area contributed by atoms with Gasteiger partial charge in [-0.2, -0.15) is 0 Å². The fourth-order valence-corrected chi connectivity index (χ4v) is 1.61. The van der Waals surface area contributed by atoms with E-state index in [1.807, 2.05) is 18.9 Å². The average molecular weight is 222 g/mol. The fourth-order valence-electron chi connectivity index (χ4n) is 1.61. The van der Waals surface area contributed by atoms with Crippen LogP contribution in [0.4, 0.5) is 11.4 Å². The molecular formula is C12H18N2O2. The molecule has 0 heterocycles. The molecule has 0 bridgehead atoms. The van der Waals surface area contributed by atoms with Crippen molar-refractivity contribution in [3.8, 4) is 0 Å². The van der Waals surface area contributed by atoms with Crippen molar-refractivity contribution >= 4 is 11.4 Å². The fraction of sp³-hybridized carbons (Fsp3) is 0.500. The van der Waals surface area contributed by atoms with Crippen molar-refractivity contribution in [2.24, 2.45) is 0 Å². The topological polar surface area (TPSA) is 40.6 Å². The van der Waals surface area contributed by atoms with E-state index in [9.17, 15) is 9.59 Å². The lowest BCUT2D eigenvalue weighted by molar-refractivity contribution is 0.855. The first-order valence-electron chi connectivity index (χ1n) is 5.22. The predicted molar refractivity (Wildman–Crippen MR) is 68.4 cm³/mol. The number of rotatable bonds is 5. The third-order valence-corrected chi connectivity index (χ3v) is 2.56. The monoisotopic (exact) mass is 222 g/mol. The summed E-state index contributed by atoms with van der Waals surface area (Å²) < 4.78 is 0. The van der Waals surface area contributed by atoms with Crippen LogP contribution in [-0.2, 0) is 0 Å². The zero-order chi connectivity index (χ0) is 12.5. The first-order valence-corrected chi connectivity index (χ1v) is 5.22. The van der Waals surface area contributed by atoms with Gasteiger partial charge < -0.3 is 9.80 Å². The van der Waals surface area contributed by atoms with Gasteiger partial charge in [0.2, 0.25) is 0 Å². The first-order chi connectivity index (χ1) is 7.36. The standard InChI is InChI=1S/C12H18N2O2/c1-8(2)6-7-14(5)10-9(13(3)4)11(15)12(10)16/h1,6-7H2,2-5H3. The summed E-state index contributed by atoms with van der Waals surface area (Å²) in [6, 6.07) is 0. The van der Waals surface area contributed by atoms with Gasteiger partial charge in [-0.15, -0.1) is 6.58 Å². The second kappa shape index (κ2) is 4.51. The second-order valence-corrected chi connectivity index (χ2v) is 4.38. The normalized spacial score (nSPS) is 10.5. The van der Waals surface area contributed by atoms with Gasteiger partial charge in [0.25, 0.3) is 10.9 Å². The Hall–Kier alpha value is -1.58. The van der Waals surface area contributed by atoms with E-state index in [0.29, 0.717) is 17.9 Å². The van der Waals surface area contributed by atoms with E-state index in [-0.39, 0.29) is 10.9 Å². The Morgan fingerprint density at radius 3 is 2.06 bits per heavy atom. The van der Waals surface area contributed by atoms with Crippen molar-refractivity contribution in [3.05, 3.63) is 32.6 Å². The summed E-state index contributed by atoms with van der Waals surface area (Å²) in [5.41, 5.74) is 1.33. The van der Waals surface area contributed by atoms with Crippen LogP contribution in [0, 0.1) is 0 Å². The Labute approximate surface area is 95.5 Å². The molecule has 0 aliphatic carbocycles. The molecule has 16 heavy (non-hydrogen) atoms. The minimum atomic E-state index is -0.387. The molecule has 0 fully saturated rings. The summed E-state index contributed by atoms with van der Waals surface area (Å²) in [4.78, 5) is 26.3. The van der Waals surface area contributed by atoms with E-state index in [1.165, 1.54) is 0 Å². The van der Waals surface area contributed by atoms with Gasteiger partial charge in [0.1, 0.15) is 11.4 Å². The van der Waals surface area contributed by atoms with Crippen LogP contribution < -0.4 is 20.7 Å². The molecule has 4 heteroatoms. The van der Waals surface area contributed by atoms with E-state index < -0.39 is 0 Å². The summed E-state index contributed by atoms with van der Waals surface area (Å²) in [6.45, 7) is 6.47. The van der Waals surface area contributed by atoms with Gasteiger partial charge in [-0.3, -0.25) is 9.59 Å². The molecule has 1 rings (SSSR count). The SMILES string of the molecule is C=C(C)CCN(C)c1c(N(C)C)c(=O)c1=O. The third-order valence-electron chi connectivity index (χ3n) is 2.56. The van der Waals surface area contributed by atoms with Crippen LogP contribution in [0.1, 0.15) is 13.3 Å². The quantitative estimate of drug-likeness (QED) is 0.544. The summed E-state index contributed by atoms with van der Waals surface area (Å²) in [7, 11) is 5.37. The molecule has 1 aromatic carbocycles. The molecule has 0 aliphatic rings. The molecule has 0 saturated heterocycles. The summed E-state index contributed by atoms with van der Waals surface area (Å²) >= 11 is 0. The minimum absolute atomic E-state index is 0.382. The highest BCUT2D eigenvalue weighted by Crippen LogP contribution is 2.21. The van der Waals surface area contributed by atoms with Gasteiger partial charge in [-0.05, 0) is 13.3 Å². The molecule has 4 nitrogen and oxygen atoms in total. The van der Waals surface area contributed by atoms with Gasteiger partial charge >= 0.3 is 0 Å². The van der Waals surface area contributed by atoms with Crippen molar-refractivity contribution in [1.82, 2.24) is 0 Å². The van der Waals surface area contributed by atoms with E-state index in [4.69, 9.17) is 0 Å². The lowest BCUT2D eigenvalue weighted by atomic mass is 10.1. The zero-order valence-electron chi connectivity index (χ0n) is 10.3. The molecule has 0 atom stereocenters. The van der Waals surface area contributed by atoms with Crippen LogP contribution >= 0.6 is 0 Å². The van der Waals surface area contributed by atoms with E-state index in [2.05, 4.69) is 6.58 Å². The molecule has 0 N–H and O–H groups in total. The minimum Gasteiger partial charge on any atom is -0.373 e. The Bertz CT molecular complexity index is 467. The number of nitrogens with zero attached hydrogens (tertiary/aromatic N) is 2. The highest BCUT2D eigenvalue weighted by atomic mass is 16.2. The first kappa shape index (κ1) is 12.5. The molecule has 0 aliphatic heterocycles. The molecule has 0 unspecified atom stereocenters. The van der Waals surface area contributed by atoms with Crippen LogP contribution in [0.3, 0.4) is 0 Å². The van der Waals surface area contributed by atoms with Gasteiger partial charge in [-0.25, -0.2) is 0 Å². The van der Waals surface area contributed by atoms with E-state index in [1.54, 1.807) is 19.0 Å². The van der Waals surface area contributed by atoms with Crippen LogP contribution in [0.2, 0.25) is 0 Å². The summed E-state index contributed by atoms with van der Waals surface area (Å²) in [5.74, 6) is 0. The van der Waals surface area contributed by atoms with Crippen molar-refractivity contribution < 1.29 is 0 Å². The molecule has 0 radical (unpaired) electrons. The maximum absolute atomic E-state index is 11.5. The molecule has 88 valence electrons. The van der Waals surface area contributed by atoms with Crippen molar-refractivity contribution in [2.45, 2.75) is 13.3 Å². The lowest BCUT2D eigenvalue weighted by Gasteiger charge is -2.26. The summed E-state index contributed by atoms with van der Waals surface area (Å²) in [6.07, 6.45) is 0.822. The Balaban J connectivity index is 2.88. The van der Waals surface area contributed by atoms with Gasteiger partial charge in [-0.1, -0.05) is 5.57 Å². The van der Waals surface area contributed by atoms with Crippen LogP contribution in [-0.4, -0.2) is 27.7 Å². The second-order valence-electron chi connectivity index (χ2n) is 4.38. The highest BCUT2D eigenvalue weighted by Gasteiger charge is 2.24. The zero-order valence-corrected chi connectivity index (χ0v) is 10.3. The van der Waals surface area contributed by atoms with Gasteiger partial charge in [0.15, 0.2) is 0 Å². The molecule has 0 amide bonds. The van der Waals surface area contributed by atoms with Crippen molar-refractivity contribution in [2.75, 3.05) is 37.5 Å². The molecule has 0 spiro atoms. The highest BCUT2D eigenvalue weighted by molar-refractivity contribution is 5.75. The van der Waals surface area contributed by atoms with Gasteiger partial charge in [0, 0.05) is 27.7 Å². The maximum atomic E-state index is 11.5. The van der Waals surface area contributed by atoms with Gasteiger partial charge in [0.05, 0.1) is 0 Å². The number of hydrogen-bond donors (Lipinski definition) is 0. The smallest absolute Gasteiger partial charge is 0.253 e. The summed E-state index contributed by atoms with van der Waals surface area (Å²) in [5, 5.41) is 0.